The monoisotopic (exact) mass is 404 g/mol. The molecule has 0 fully saturated rings. The molecule has 0 rings (SSSR count). The van der Waals surface area contributed by atoms with Crippen molar-refractivity contribution in [3.63, 3.8) is 0 Å². The lowest BCUT2D eigenvalue weighted by Crippen LogP contribution is -2.25. The quantitative estimate of drug-likeness (QED) is 0.259. The highest BCUT2D eigenvalue weighted by Crippen LogP contribution is 2.11. The zero-order valence-corrected chi connectivity index (χ0v) is 16.2. The third-order valence-electron chi connectivity index (χ3n) is 3.13. The fourth-order valence-corrected chi connectivity index (χ4v) is 2.58. The van der Waals surface area contributed by atoms with Crippen molar-refractivity contribution in [3.8, 4) is 0 Å². The predicted octanol–water partition coefficient (Wildman–Crippen LogP) is 0.668. The van der Waals surface area contributed by atoms with E-state index in [0.717, 1.165) is 14.2 Å². The standard InChI is InChI=1S/C13H24O10S2/c1-10(24(16,17)20-3)22-12(14)8-6-5-7-9-13(15)23-11(2)25(18,19)21-4/h10-11H,5-9H2,1-4H3. The van der Waals surface area contributed by atoms with Crippen molar-refractivity contribution < 1.29 is 44.3 Å². The Morgan fingerprint density at radius 3 is 1.32 bits per heavy atom. The molecule has 0 aliphatic rings. The lowest BCUT2D eigenvalue weighted by molar-refractivity contribution is -0.145. The van der Waals surface area contributed by atoms with Crippen LogP contribution in [0.3, 0.4) is 0 Å². The van der Waals surface area contributed by atoms with Gasteiger partial charge in [-0.2, -0.15) is 16.8 Å². The molecule has 0 aromatic carbocycles. The van der Waals surface area contributed by atoms with Crippen LogP contribution in [-0.2, 0) is 47.7 Å². The Kier molecular flexibility index (Phi) is 10.2. The summed E-state index contributed by atoms with van der Waals surface area (Å²) >= 11 is 0. The first-order chi connectivity index (χ1) is 11.5. The summed E-state index contributed by atoms with van der Waals surface area (Å²) in [5.41, 5.74) is -2.80. The van der Waals surface area contributed by atoms with E-state index in [-0.39, 0.29) is 12.8 Å². The number of esters is 2. The number of unbranched alkanes of at least 4 members (excludes halogenated alkanes) is 2. The number of rotatable bonds is 12. The second kappa shape index (κ2) is 10.7. The molecular formula is C13H24O10S2. The zero-order chi connectivity index (χ0) is 19.7. The summed E-state index contributed by atoms with van der Waals surface area (Å²) in [4.78, 5) is 23.0. The van der Waals surface area contributed by atoms with Crippen LogP contribution in [0.1, 0.15) is 46.0 Å². The number of carbonyl (C=O) groups is 2. The van der Waals surface area contributed by atoms with E-state index in [1.165, 1.54) is 13.8 Å². The molecular weight excluding hydrogens is 380 g/mol. The molecule has 0 N–H and O–H groups in total. The number of carbonyl (C=O) groups excluding carboxylic acids is 2. The van der Waals surface area contributed by atoms with Crippen molar-refractivity contribution in [1.82, 2.24) is 0 Å². The fraction of sp³-hybridized carbons (Fsp3) is 0.846. The van der Waals surface area contributed by atoms with Crippen LogP contribution in [0.2, 0.25) is 0 Å². The van der Waals surface area contributed by atoms with Crippen molar-refractivity contribution in [2.75, 3.05) is 14.2 Å². The highest BCUT2D eigenvalue weighted by atomic mass is 32.2. The van der Waals surface area contributed by atoms with Gasteiger partial charge in [0.15, 0.2) is 0 Å². The zero-order valence-electron chi connectivity index (χ0n) is 14.6. The summed E-state index contributed by atoms with van der Waals surface area (Å²) in [6, 6.07) is 0. The average Bonchev–Trinajstić information content (AvgIpc) is 2.54. The topological polar surface area (TPSA) is 139 Å². The van der Waals surface area contributed by atoms with Crippen molar-refractivity contribution in [3.05, 3.63) is 0 Å². The molecule has 0 saturated carbocycles. The van der Waals surface area contributed by atoms with Gasteiger partial charge in [0.2, 0.25) is 10.9 Å². The van der Waals surface area contributed by atoms with Gasteiger partial charge in [-0.05, 0) is 26.7 Å². The Morgan fingerprint density at radius 2 is 1.04 bits per heavy atom. The first-order valence-electron chi connectivity index (χ1n) is 7.44. The Bertz CT molecular complexity index is 582. The number of hydrogen-bond acceptors (Lipinski definition) is 10. The maximum Gasteiger partial charge on any atom is 0.307 e. The Hall–Kier alpha value is -1.24. The molecule has 25 heavy (non-hydrogen) atoms. The molecule has 0 amide bonds. The average molecular weight is 404 g/mol. The van der Waals surface area contributed by atoms with Crippen LogP contribution in [0.25, 0.3) is 0 Å². The molecule has 0 heterocycles. The van der Waals surface area contributed by atoms with Crippen LogP contribution in [0.4, 0.5) is 0 Å². The minimum absolute atomic E-state index is 0.0208. The maximum atomic E-state index is 11.5. The van der Waals surface area contributed by atoms with Gasteiger partial charge < -0.3 is 9.47 Å². The fourth-order valence-electron chi connectivity index (χ4n) is 1.59. The minimum atomic E-state index is -3.93. The third kappa shape index (κ3) is 9.14. The first-order valence-corrected chi connectivity index (χ1v) is 10.4. The molecule has 0 aromatic rings. The molecule has 12 heteroatoms. The molecule has 0 radical (unpaired) electrons. The molecule has 0 aromatic heterocycles. The molecule has 148 valence electrons. The Labute approximate surface area is 148 Å². The van der Waals surface area contributed by atoms with E-state index >= 15 is 0 Å². The van der Waals surface area contributed by atoms with Crippen LogP contribution >= 0.6 is 0 Å². The van der Waals surface area contributed by atoms with Gasteiger partial charge in [-0.3, -0.25) is 18.0 Å². The summed E-state index contributed by atoms with van der Waals surface area (Å²) in [6.07, 6.45) is 1.18. The maximum absolute atomic E-state index is 11.5. The van der Waals surface area contributed by atoms with Crippen LogP contribution in [-0.4, -0.2) is 53.9 Å². The molecule has 0 aliphatic heterocycles. The third-order valence-corrected chi connectivity index (χ3v) is 5.88. The molecule has 2 atom stereocenters. The van der Waals surface area contributed by atoms with E-state index in [1.807, 2.05) is 0 Å². The van der Waals surface area contributed by atoms with Gasteiger partial charge in [0.1, 0.15) is 0 Å². The van der Waals surface area contributed by atoms with Gasteiger partial charge in [0.05, 0.1) is 14.2 Å². The molecule has 2 unspecified atom stereocenters. The molecule has 0 bridgehead atoms. The summed E-state index contributed by atoms with van der Waals surface area (Å²) in [5.74, 6) is -1.40. The van der Waals surface area contributed by atoms with E-state index < -0.39 is 43.0 Å². The smallest absolute Gasteiger partial charge is 0.307 e. The first kappa shape index (κ1) is 23.8. The van der Waals surface area contributed by atoms with Crippen LogP contribution in [0.5, 0.6) is 0 Å². The lowest BCUT2D eigenvalue weighted by atomic mass is 10.1. The summed E-state index contributed by atoms with van der Waals surface area (Å²) < 4.78 is 62.9. The van der Waals surface area contributed by atoms with Gasteiger partial charge in [-0.1, -0.05) is 6.42 Å². The minimum Gasteiger partial charge on any atom is -0.444 e. The Morgan fingerprint density at radius 1 is 0.720 bits per heavy atom. The number of hydrogen-bond donors (Lipinski definition) is 0. The van der Waals surface area contributed by atoms with Crippen molar-refractivity contribution in [1.29, 1.82) is 0 Å². The highest BCUT2D eigenvalue weighted by molar-refractivity contribution is 7.87. The molecule has 10 nitrogen and oxygen atoms in total. The molecule has 0 aliphatic carbocycles. The van der Waals surface area contributed by atoms with Gasteiger partial charge >= 0.3 is 32.2 Å². The van der Waals surface area contributed by atoms with Crippen molar-refractivity contribution in [2.45, 2.75) is 56.8 Å². The Balaban J connectivity index is 4.00. The lowest BCUT2D eigenvalue weighted by Gasteiger charge is -2.12. The summed E-state index contributed by atoms with van der Waals surface area (Å²) in [6.45, 7) is 2.37. The van der Waals surface area contributed by atoms with Crippen LogP contribution < -0.4 is 0 Å². The van der Waals surface area contributed by atoms with Gasteiger partial charge in [-0.25, -0.2) is 0 Å². The van der Waals surface area contributed by atoms with Crippen molar-refractivity contribution >= 4 is 32.2 Å². The largest absolute Gasteiger partial charge is 0.444 e. The number of ether oxygens (including phenoxy) is 2. The van der Waals surface area contributed by atoms with E-state index in [2.05, 4.69) is 8.37 Å². The SMILES string of the molecule is COS(=O)(=O)C(C)OC(=O)CCCCCC(=O)OC(C)S(=O)(=O)OC. The van der Waals surface area contributed by atoms with Gasteiger partial charge in [0.25, 0.3) is 0 Å². The van der Waals surface area contributed by atoms with Crippen LogP contribution in [0.15, 0.2) is 0 Å². The summed E-state index contributed by atoms with van der Waals surface area (Å²) in [7, 11) is -5.92. The second-order valence-electron chi connectivity index (χ2n) is 4.99. The highest BCUT2D eigenvalue weighted by Gasteiger charge is 2.25. The van der Waals surface area contributed by atoms with E-state index in [1.54, 1.807) is 0 Å². The normalized spacial score (nSPS) is 14.6. The van der Waals surface area contributed by atoms with E-state index in [4.69, 9.17) is 9.47 Å². The van der Waals surface area contributed by atoms with E-state index in [9.17, 15) is 26.4 Å². The molecule has 0 spiro atoms. The van der Waals surface area contributed by atoms with Crippen LogP contribution in [0, 0.1) is 0 Å². The van der Waals surface area contributed by atoms with E-state index in [0.29, 0.717) is 19.3 Å². The summed E-state index contributed by atoms with van der Waals surface area (Å²) in [5, 5.41) is 0. The van der Waals surface area contributed by atoms with Gasteiger partial charge in [-0.15, -0.1) is 0 Å². The second-order valence-corrected chi connectivity index (χ2v) is 8.96. The molecule has 0 saturated heterocycles. The van der Waals surface area contributed by atoms with Crippen molar-refractivity contribution in [2.24, 2.45) is 0 Å². The predicted molar refractivity (Wildman–Crippen MR) is 86.1 cm³/mol. The van der Waals surface area contributed by atoms with Gasteiger partial charge in [0, 0.05) is 12.8 Å².